The predicted molar refractivity (Wildman–Crippen MR) is 179 cm³/mol. The molecule has 1 saturated heterocycles. The number of likely N-dealkylation sites (tertiary alicyclic amines) is 1. The molecule has 3 heterocycles. The summed E-state index contributed by atoms with van der Waals surface area (Å²) in [7, 11) is 0. The van der Waals surface area contributed by atoms with Crippen LogP contribution in [0, 0.1) is 25.5 Å². The fourth-order valence-corrected chi connectivity index (χ4v) is 6.99. The predicted octanol–water partition coefficient (Wildman–Crippen LogP) is 7.09. The van der Waals surface area contributed by atoms with Crippen LogP contribution in [0.3, 0.4) is 0 Å². The number of carboxylic acid groups (broad SMARTS) is 1. The minimum absolute atomic E-state index is 0.0108. The lowest BCUT2D eigenvalue weighted by atomic mass is 9.91. The third-order valence-electron chi connectivity index (χ3n) is 9.29. The van der Waals surface area contributed by atoms with Gasteiger partial charge in [0.05, 0.1) is 23.0 Å². The van der Waals surface area contributed by atoms with Crippen molar-refractivity contribution in [1.82, 2.24) is 14.8 Å². The second-order valence-electron chi connectivity index (χ2n) is 13.0. The van der Waals surface area contributed by atoms with E-state index in [1.165, 1.54) is 31.2 Å². The van der Waals surface area contributed by atoms with E-state index in [0.717, 1.165) is 11.8 Å². The monoisotopic (exact) mass is 747 g/mol. The van der Waals surface area contributed by atoms with Crippen LogP contribution in [0.25, 0.3) is 11.1 Å². The minimum atomic E-state index is -5.00. The van der Waals surface area contributed by atoms with Crippen LogP contribution in [0.4, 0.5) is 26.3 Å². The molecule has 2 aliphatic rings. The van der Waals surface area contributed by atoms with Crippen LogP contribution in [0.1, 0.15) is 57.4 Å². The highest BCUT2D eigenvalue weighted by molar-refractivity contribution is 6.30. The van der Waals surface area contributed by atoms with Crippen molar-refractivity contribution in [3.8, 4) is 16.9 Å². The quantitative estimate of drug-likeness (QED) is 0.205. The van der Waals surface area contributed by atoms with Crippen molar-refractivity contribution in [3.05, 3.63) is 121 Å². The molecule has 1 amide bonds. The number of aromatic nitrogens is 1. The van der Waals surface area contributed by atoms with Crippen molar-refractivity contribution in [2.75, 3.05) is 19.6 Å². The van der Waals surface area contributed by atoms with Crippen LogP contribution in [-0.2, 0) is 28.8 Å². The first-order valence-corrected chi connectivity index (χ1v) is 16.6. The fraction of sp³-hybridized carbons (Fsp3) is 0.324. The molecule has 1 fully saturated rings. The van der Waals surface area contributed by atoms with E-state index in [9.17, 15) is 37.1 Å². The van der Waals surface area contributed by atoms with Crippen molar-refractivity contribution < 1.29 is 45.8 Å². The van der Waals surface area contributed by atoms with Gasteiger partial charge in [0.2, 0.25) is 5.91 Å². The van der Waals surface area contributed by atoms with Crippen LogP contribution in [0.2, 0.25) is 5.02 Å². The molecule has 4 bridgehead atoms. The van der Waals surface area contributed by atoms with Crippen molar-refractivity contribution in [3.63, 3.8) is 0 Å². The van der Waals surface area contributed by atoms with Crippen LogP contribution in [0.15, 0.2) is 59.5 Å². The smallest absolute Gasteiger partial charge is 0.416 e. The molecular formula is C37H32ClF6N3O5. The zero-order chi connectivity index (χ0) is 37.6. The summed E-state index contributed by atoms with van der Waals surface area (Å²) >= 11 is 6.31. The Kier molecular flexibility index (Phi) is 10.2. The van der Waals surface area contributed by atoms with E-state index in [2.05, 4.69) is 5.32 Å². The van der Waals surface area contributed by atoms with E-state index >= 15 is 8.78 Å². The summed E-state index contributed by atoms with van der Waals surface area (Å²) in [5.41, 5.74) is -1.84. The molecule has 2 aliphatic heterocycles. The summed E-state index contributed by atoms with van der Waals surface area (Å²) in [6, 6.07) is 7.08. The highest BCUT2D eigenvalue weighted by Gasteiger charge is 2.38. The Bertz CT molecular complexity index is 2130. The van der Waals surface area contributed by atoms with Gasteiger partial charge in [0.15, 0.2) is 0 Å². The van der Waals surface area contributed by atoms with Crippen molar-refractivity contribution in [2.24, 2.45) is 0 Å². The first-order chi connectivity index (χ1) is 24.5. The molecule has 2 unspecified atom stereocenters. The number of carbonyl (C=O) groups excluding carboxylic acids is 1. The number of pyridine rings is 1. The molecular weight excluding hydrogens is 716 g/mol. The van der Waals surface area contributed by atoms with E-state index in [1.807, 2.05) is 0 Å². The largest absolute Gasteiger partial charge is 0.488 e. The maximum atomic E-state index is 16.1. The summed E-state index contributed by atoms with van der Waals surface area (Å²) in [5.74, 6) is -4.38. The number of nitrogens with one attached hydrogen (secondary N) is 1. The van der Waals surface area contributed by atoms with E-state index in [-0.39, 0.29) is 55.4 Å². The van der Waals surface area contributed by atoms with Gasteiger partial charge >= 0.3 is 12.1 Å². The van der Waals surface area contributed by atoms with Gasteiger partial charge in [-0.15, -0.1) is 0 Å². The zero-order valence-corrected chi connectivity index (χ0v) is 28.5. The van der Waals surface area contributed by atoms with Gasteiger partial charge in [-0.3, -0.25) is 23.9 Å². The molecule has 52 heavy (non-hydrogen) atoms. The topological polar surface area (TPSA) is 101 Å². The maximum absolute atomic E-state index is 16.1. The first-order valence-electron chi connectivity index (χ1n) is 16.2. The van der Waals surface area contributed by atoms with Gasteiger partial charge in [-0.2, -0.15) is 13.2 Å². The molecule has 2 N–H and O–H groups in total. The normalized spacial score (nSPS) is 18.1. The number of amides is 1. The Morgan fingerprint density at radius 3 is 2.42 bits per heavy atom. The van der Waals surface area contributed by atoms with Crippen LogP contribution in [0.5, 0.6) is 5.75 Å². The summed E-state index contributed by atoms with van der Waals surface area (Å²) < 4.78 is 94.9. The van der Waals surface area contributed by atoms with E-state index < -0.39 is 81.6 Å². The number of aryl methyl sites for hydroxylation is 2. The standard InChI is InChI=1S/C37H32ClF6N3O5/c1-18-4-3-5-29-32(18)22-8-19(2)33(40)24(11-22)28(13-31(49)50)45-36(51)35(25-9-20(17-52-29)10-27(38)34(25)41)47-14-21(6-7-46-15-23(39)16-46)26(12-30(47)48)37(42,43)44/h3-5,8-12,14,23,28,35H,6-7,13,15-17H2,1-2H3,(H,45,51)(H,49,50). The number of ether oxygens (including phenoxy) is 1. The van der Waals surface area contributed by atoms with Crippen LogP contribution < -0.4 is 15.6 Å². The number of alkyl halides is 4. The van der Waals surface area contributed by atoms with Gasteiger partial charge in [-0.05, 0) is 78.4 Å². The van der Waals surface area contributed by atoms with Gasteiger partial charge in [0.25, 0.3) is 5.56 Å². The third-order valence-corrected chi connectivity index (χ3v) is 9.56. The summed E-state index contributed by atoms with van der Waals surface area (Å²) in [5, 5.41) is 11.8. The Labute approximate surface area is 298 Å². The van der Waals surface area contributed by atoms with Gasteiger partial charge in [-0.1, -0.05) is 23.7 Å². The molecule has 6 rings (SSSR count). The van der Waals surface area contributed by atoms with E-state index in [1.54, 1.807) is 30.0 Å². The minimum Gasteiger partial charge on any atom is -0.488 e. The van der Waals surface area contributed by atoms with Gasteiger partial charge < -0.3 is 15.2 Å². The molecule has 15 heteroatoms. The zero-order valence-electron chi connectivity index (χ0n) is 27.8. The number of rotatable bonds is 6. The lowest BCUT2D eigenvalue weighted by molar-refractivity contribution is -0.139. The van der Waals surface area contributed by atoms with Gasteiger partial charge in [0, 0.05) is 48.6 Å². The first kappa shape index (κ1) is 37.0. The highest BCUT2D eigenvalue weighted by Crippen LogP contribution is 2.39. The number of benzene rings is 3. The molecule has 0 aliphatic carbocycles. The van der Waals surface area contributed by atoms with E-state index in [0.29, 0.717) is 21.4 Å². The Hall–Kier alpha value is -4.82. The molecule has 0 saturated carbocycles. The number of carboxylic acids is 1. The van der Waals surface area contributed by atoms with Gasteiger partial charge in [0.1, 0.15) is 36.2 Å². The molecule has 1 aromatic heterocycles. The molecule has 0 spiro atoms. The van der Waals surface area contributed by atoms with Crippen molar-refractivity contribution in [1.29, 1.82) is 0 Å². The second-order valence-corrected chi connectivity index (χ2v) is 13.4. The number of fused-ring (bicyclic) bond motifs is 6. The Balaban J connectivity index is 1.58. The van der Waals surface area contributed by atoms with Crippen molar-refractivity contribution in [2.45, 2.75) is 57.7 Å². The number of aliphatic carboxylic acids is 1. The van der Waals surface area contributed by atoms with E-state index in [4.69, 9.17) is 16.3 Å². The van der Waals surface area contributed by atoms with Crippen LogP contribution >= 0.6 is 11.6 Å². The van der Waals surface area contributed by atoms with Gasteiger partial charge in [-0.25, -0.2) is 13.2 Å². The number of halogens is 7. The maximum Gasteiger partial charge on any atom is 0.416 e. The average Bonchev–Trinajstić information content (AvgIpc) is 3.04. The lowest BCUT2D eigenvalue weighted by Crippen LogP contribution is -2.49. The lowest BCUT2D eigenvalue weighted by Gasteiger charge is -2.34. The van der Waals surface area contributed by atoms with Crippen LogP contribution in [-0.4, -0.2) is 52.3 Å². The second kappa shape index (κ2) is 14.3. The van der Waals surface area contributed by atoms with Crippen molar-refractivity contribution >= 4 is 23.5 Å². The Morgan fingerprint density at radius 2 is 1.75 bits per heavy atom. The molecule has 0 radical (unpaired) electrons. The number of carbonyl (C=O) groups is 2. The fourth-order valence-electron chi connectivity index (χ4n) is 6.74. The molecule has 2 atom stereocenters. The number of nitrogens with zero attached hydrogens (tertiary/aromatic N) is 2. The molecule has 274 valence electrons. The summed E-state index contributed by atoms with van der Waals surface area (Å²) in [6.45, 7) is 3.00. The SMILES string of the molecule is Cc1cc2cc(c1F)C(CC(=O)O)NC(=O)C(n1cc(CCN3CC(F)C3)c(C(F)(F)F)cc1=O)c1cc(cc(Cl)c1F)COc1cccc(C)c1-2. The third kappa shape index (κ3) is 7.40. The molecule has 4 aromatic rings. The summed E-state index contributed by atoms with van der Waals surface area (Å²) in [4.78, 5) is 41.7. The highest BCUT2D eigenvalue weighted by atomic mass is 35.5. The number of hydrogen-bond donors (Lipinski definition) is 2. The summed E-state index contributed by atoms with van der Waals surface area (Å²) in [6.07, 6.45) is -6.51. The Morgan fingerprint density at radius 1 is 1.02 bits per heavy atom. The number of hydrogen-bond acceptors (Lipinski definition) is 5. The molecule has 3 aromatic carbocycles. The average molecular weight is 748 g/mol. The molecule has 8 nitrogen and oxygen atoms in total.